The number of anilines is 2. The van der Waals surface area contributed by atoms with Gasteiger partial charge in [0.1, 0.15) is 0 Å². The molecule has 2 heterocycles. The number of rotatable bonds is 3. The number of benzene rings is 2. The molecule has 6 nitrogen and oxygen atoms in total. The molecule has 2 aliphatic rings. The molecular formula is C21H23N3O3S2. The highest BCUT2D eigenvalue weighted by Gasteiger charge is 2.42. The standard InChI is InChI=1S/C21H23N3O3S2/c1-12-5-7-16(8-14(12)3)22-20(25)15-6-4-13(2)17(9-15)23-21-24-18-10-29(26,27)11-19(18)28-21/h4-9,18-19H,10-11H2,1-3H3,(H,22,25)(H,23,24)/t18-,19-/m1/s1. The van der Waals surface area contributed by atoms with E-state index in [9.17, 15) is 13.2 Å². The first kappa shape index (κ1) is 20.0. The molecule has 2 aromatic carbocycles. The van der Waals surface area contributed by atoms with Crippen LogP contribution in [0.15, 0.2) is 41.4 Å². The monoisotopic (exact) mass is 429 g/mol. The number of aliphatic imine (C=N–C) groups is 1. The van der Waals surface area contributed by atoms with Crippen LogP contribution in [0.4, 0.5) is 11.4 Å². The van der Waals surface area contributed by atoms with E-state index in [1.165, 1.54) is 17.3 Å². The van der Waals surface area contributed by atoms with E-state index >= 15 is 0 Å². The van der Waals surface area contributed by atoms with Crippen LogP contribution in [0.5, 0.6) is 0 Å². The first-order valence-corrected chi connectivity index (χ1v) is 12.1. The molecule has 2 aliphatic heterocycles. The SMILES string of the molecule is Cc1ccc(NC(=O)c2ccc(C)c(NC3=N[C@@H]4CS(=O)(=O)C[C@H]4S3)c2)cc1C. The van der Waals surface area contributed by atoms with Gasteiger partial charge >= 0.3 is 0 Å². The predicted octanol–water partition coefficient (Wildman–Crippen LogP) is 3.54. The number of amidine groups is 1. The minimum Gasteiger partial charge on any atom is -0.335 e. The van der Waals surface area contributed by atoms with Crippen LogP contribution in [0.3, 0.4) is 0 Å². The maximum atomic E-state index is 12.7. The van der Waals surface area contributed by atoms with Gasteiger partial charge in [0, 0.05) is 22.2 Å². The van der Waals surface area contributed by atoms with Crippen molar-refractivity contribution in [3.05, 3.63) is 58.7 Å². The van der Waals surface area contributed by atoms with Crippen molar-refractivity contribution in [3.8, 4) is 0 Å². The number of amides is 1. The fourth-order valence-electron chi connectivity index (χ4n) is 3.45. The average Bonchev–Trinajstić information content (AvgIpc) is 3.12. The largest absolute Gasteiger partial charge is 0.335 e. The molecule has 2 N–H and O–H groups in total. The van der Waals surface area contributed by atoms with Crippen LogP contribution < -0.4 is 10.6 Å². The van der Waals surface area contributed by atoms with Crippen molar-refractivity contribution in [2.75, 3.05) is 22.1 Å². The van der Waals surface area contributed by atoms with Crippen molar-refractivity contribution in [1.29, 1.82) is 0 Å². The number of hydrogen-bond donors (Lipinski definition) is 2. The Labute approximate surface area is 175 Å². The first-order chi connectivity index (χ1) is 13.7. The molecule has 2 aromatic rings. The summed E-state index contributed by atoms with van der Waals surface area (Å²) in [5, 5.41) is 6.92. The zero-order chi connectivity index (χ0) is 20.8. The quantitative estimate of drug-likeness (QED) is 0.779. The zero-order valence-corrected chi connectivity index (χ0v) is 18.2. The molecule has 0 saturated carbocycles. The Morgan fingerprint density at radius 1 is 1.03 bits per heavy atom. The van der Waals surface area contributed by atoms with Gasteiger partial charge in [0.25, 0.3) is 5.91 Å². The second kappa shape index (κ2) is 7.50. The normalized spacial score (nSPS) is 22.1. The maximum Gasteiger partial charge on any atom is 0.255 e. The minimum atomic E-state index is -2.97. The fourth-order valence-corrected chi connectivity index (χ4v) is 7.12. The lowest BCUT2D eigenvalue weighted by molar-refractivity contribution is 0.102. The fraction of sp³-hybridized carbons (Fsp3) is 0.333. The highest BCUT2D eigenvalue weighted by molar-refractivity contribution is 8.15. The minimum absolute atomic E-state index is 0.0148. The number of sulfone groups is 1. The van der Waals surface area contributed by atoms with Gasteiger partial charge in [-0.3, -0.25) is 9.79 Å². The van der Waals surface area contributed by atoms with E-state index in [2.05, 4.69) is 15.6 Å². The Balaban J connectivity index is 1.49. The molecular weight excluding hydrogens is 406 g/mol. The van der Waals surface area contributed by atoms with Gasteiger partial charge < -0.3 is 10.6 Å². The average molecular weight is 430 g/mol. The van der Waals surface area contributed by atoms with E-state index in [-0.39, 0.29) is 28.7 Å². The highest BCUT2D eigenvalue weighted by atomic mass is 32.2. The smallest absolute Gasteiger partial charge is 0.255 e. The second-order valence-corrected chi connectivity index (χ2v) is 11.0. The van der Waals surface area contributed by atoms with Crippen LogP contribution in [0.2, 0.25) is 0 Å². The number of fused-ring (bicyclic) bond motifs is 1. The predicted molar refractivity (Wildman–Crippen MR) is 120 cm³/mol. The second-order valence-electron chi connectivity index (χ2n) is 7.64. The van der Waals surface area contributed by atoms with Gasteiger partial charge in [-0.15, -0.1) is 0 Å². The number of thioether (sulfide) groups is 1. The lowest BCUT2D eigenvalue weighted by atomic mass is 10.1. The van der Waals surface area contributed by atoms with Crippen LogP contribution in [0.25, 0.3) is 0 Å². The molecule has 0 bridgehead atoms. The van der Waals surface area contributed by atoms with Crippen molar-refractivity contribution in [2.24, 2.45) is 4.99 Å². The van der Waals surface area contributed by atoms with Gasteiger partial charge in [-0.1, -0.05) is 23.9 Å². The third-order valence-corrected chi connectivity index (χ3v) is 8.47. The number of carbonyl (C=O) groups excluding carboxylic acids is 1. The van der Waals surface area contributed by atoms with Crippen molar-refractivity contribution >= 4 is 44.0 Å². The number of nitrogens with one attached hydrogen (secondary N) is 2. The summed E-state index contributed by atoms with van der Waals surface area (Å²) < 4.78 is 23.5. The summed E-state index contributed by atoms with van der Waals surface area (Å²) >= 11 is 1.47. The molecule has 0 aromatic heterocycles. The van der Waals surface area contributed by atoms with Gasteiger partial charge in [0.05, 0.1) is 17.5 Å². The molecule has 1 fully saturated rings. The molecule has 152 valence electrons. The molecule has 0 unspecified atom stereocenters. The van der Waals surface area contributed by atoms with E-state index in [0.717, 1.165) is 22.5 Å². The molecule has 0 radical (unpaired) electrons. The third-order valence-electron chi connectivity index (χ3n) is 5.32. The summed E-state index contributed by atoms with van der Waals surface area (Å²) in [4.78, 5) is 17.2. The topological polar surface area (TPSA) is 87.6 Å². The van der Waals surface area contributed by atoms with Crippen LogP contribution in [-0.4, -0.2) is 42.3 Å². The summed E-state index contributed by atoms with van der Waals surface area (Å²) in [6.07, 6.45) is 0. The lowest BCUT2D eigenvalue weighted by Crippen LogP contribution is -2.14. The first-order valence-electron chi connectivity index (χ1n) is 9.41. The summed E-state index contributed by atoms with van der Waals surface area (Å²) in [7, 11) is -2.97. The lowest BCUT2D eigenvalue weighted by Gasteiger charge is -2.12. The van der Waals surface area contributed by atoms with E-state index in [1.807, 2.05) is 45.0 Å². The Kier molecular flexibility index (Phi) is 5.16. The van der Waals surface area contributed by atoms with Crippen LogP contribution in [-0.2, 0) is 9.84 Å². The third kappa shape index (κ3) is 4.33. The zero-order valence-electron chi connectivity index (χ0n) is 16.5. The molecule has 0 aliphatic carbocycles. The van der Waals surface area contributed by atoms with Crippen LogP contribution in [0.1, 0.15) is 27.0 Å². The number of hydrogen-bond acceptors (Lipinski definition) is 6. The van der Waals surface area contributed by atoms with Gasteiger partial charge in [-0.25, -0.2) is 8.42 Å². The van der Waals surface area contributed by atoms with E-state index in [1.54, 1.807) is 12.1 Å². The Hall–Kier alpha value is -2.32. The van der Waals surface area contributed by atoms with E-state index < -0.39 is 9.84 Å². The van der Waals surface area contributed by atoms with Gasteiger partial charge in [0.2, 0.25) is 0 Å². The molecule has 8 heteroatoms. The van der Waals surface area contributed by atoms with Crippen molar-refractivity contribution < 1.29 is 13.2 Å². The van der Waals surface area contributed by atoms with Crippen LogP contribution in [0, 0.1) is 20.8 Å². The molecule has 2 atom stereocenters. The summed E-state index contributed by atoms with van der Waals surface area (Å²) in [6, 6.07) is 11.1. The van der Waals surface area contributed by atoms with E-state index in [4.69, 9.17) is 0 Å². The Morgan fingerprint density at radius 2 is 1.79 bits per heavy atom. The molecule has 29 heavy (non-hydrogen) atoms. The van der Waals surface area contributed by atoms with Crippen molar-refractivity contribution in [3.63, 3.8) is 0 Å². The van der Waals surface area contributed by atoms with Gasteiger partial charge in [-0.05, 0) is 61.7 Å². The molecule has 4 rings (SSSR count). The van der Waals surface area contributed by atoms with Gasteiger partial charge in [-0.2, -0.15) is 0 Å². The summed E-state index contributed by atoms with van der Waals surface area (Å²) in [6.45, 7) is 6.00. The summed E-state index contributed by atoms with van der Waals surface area (Å²) in [5.41, 5.74) is 5.39. The van der Waals surface area contributed by atoms with Crippen LogP contribution >= 0.6 is 11.8 Å². The number of nitrogens with zero attached hydrogens (tertiary/aromatic N) is 1. The van der Waals surface area contributed by atoms with E-state index in [0.29, 0.717) is 10.7 Å². The maximum absolute atomic E-state index is 12.7. The number of carbonyl (C=O) groups is 1. The Bertz CT molecular complexity index is 1130. The molecule has 0 spiro atoms. The molecule has 1 amide bonds. The number of aryl methyl sites for hydroxylation is 3. The Morgan fingerprint density at radius 3 is 2.52 bits per heavy atom. The summed E-state index contributed by atoms with van der Waals surface area (Å²) in [5.74, 6) is 0.113. The van der Waals surface area contributed by atoms with Crippen molar-refractivity contribution in [1.82, 2.24) is 0 Å². The van der Waals surface area contributed by atoms with Gasteiger partial charge in [0.15, 0.2) is 15.0 Å². The van der Waals surface area contributed by atoms with Crippen molar-refractivity contribution in [2.45, 2.75) is 32.1 Å². The highest BCUT2D eigenvalue weighted by Crippen LogP contribution is 2.35. The molecule has 1 saturated heterocycles.